The molecule has 0 N–H and O–H groups in total. The smallest absolute Gasteiger partial charge is 0.358 e. The van der Waals surface area contributed by atoms with E-state index in [0.29, 0.717) is 13.1 Å². The summed E-state index contributed by atoms with van der Waals surface area (Å²) in [4.78, 5) is 13.8. The largest absolute Gasteiger partial charge is 0.408 e. The number of halogens is 1. The van der Waals surface area contributed by atoms with Gasteiger partial charge in [0.05, 0.1) is 24.2 Å². The van der Waals surface area contributed by atoms with Crippen LogP contribution in [-0.2, 0) is 13.1 Å². The van der Waals surface area contributed by atoms with Crippen molar-refractivity contribution in [3.63, 3.8) is 0 Å². The lowest BCUT2D eigenvalue weighted by atomic mass is 10.6. The molecule has 0 aliphatic carbocycles. The lowest BCUT2D eigenvalue weighted by molar-refractivity contribution is -0.389. The van der Waals surface area contributed by atoms with Crippen LogP contribution in [0.4, 0.5) is 5.82 Å². The lowest BCUT2D eigenvalue weighted by Gasteiger charge is -1.98. The summed E-state index contributed by atoms with van der Waals surface area (Å²) in [7, 11) is 0. The summed E-state index contributed by atoms with van der Waals surface area (Å²) in [5, 5.41) is 14.3. The summed E-state index contributed by atoms with van der Waals surface area (Å²) in [6.07, 6.45) is 6.58. The Morgan fingerprint density at radius 3 is 2.88 bits per heavy atom. The Morgan fingerprint density at radius 2 is 2.31 bits per heavy atom. The Hall–Kier alpha value is -1.89. The van der Waals surface area contributed by atoms with Crippen LogP contribution in [0.1, 0.15) is 0 Å². The van der Waals surface area contributed by atoms with E-state index in [4.69, 9.17) is 11.6 Å². The predicted octanol–water partition coefficient (Wildman–Crippen LogP) is 1.34. The Kier molecular flexibility index (Phi) is 2.86. The van der Waals surface area contributed by atoms with E-state index in [0.717, 1.165) is 0 Å². The zero-order valence-corrected chi connectivity index (χ0v) is 8.91. The minimum absolute atomic E-state index is 0.0515. The van der Waals surface area contributed by atoms with E-state index in [1.54, 1.807) is 18.7 Å². The summed E-state index contributed by atoms with van der Waals surface area (Å²) in [6, 6.07) is 0. The highest BCUT2D eigenvalue weighted by molar-refractivity contribution is 6.32. The zero-order chi connectivity index (χ0) is 11.5. The molecule has 0 aliphatic heterocycles. The Labute approximate surface area is 95.4 Å². The number of aryl methyl sites for hydroxylation is 2. The molecule has 0 fully saturated rings. The molecule has 0 atom stereocenters. The molecule has 0 saturated carbocycles. The van der Waals surface area contributed by atoms with Crippen LogP contribution in [0.15, 0.2) is 24.9 Å². The van der Waals surface area contributed by atoms with E-state index < -0.39 is 4.92 Å². The third-order valence-corrected chi connectivity index (χ3v) is 2.29. The molecule has 0 unspecified atom stereocenters. The van der Waals surface area contributed by atoms with E-state index in [1.165, 1.54) is 10.9 Å². The van der Waals surface area contributed by atoms with Crippen molar-refractivity contribution in [3.8, 4) is 0 Å². The molecule has 2 aromatic rings. The first-order valence-corrected chi connectivity index (χ1v) is 4.87. The SMILES string of the molecule is O=[N+]([O-])c1nn(CCn2ccnc2)cc1Cl. The van der Waals surface area contributed by atoms with E-state index >= 15 is 0 Å². The van der Waals surface area contributed by atoms with Crippen molar-refractivity contribution < 1.29 is 4.92 Å². The van der Waals surface area contributed by atoms with Gasteiger partial charge in [-0.3, -0.25) is 0 Å². The normalized spacial score (nSPS) is 10.6. The van der Waals surface area contributed by atoms with Gasteiger partial charge in [-0.25, -0.2) is 4.98 Å². The molecule has 0 spiro atoms. The molecule has 0 aliphatic rings. The molecule has 0 radical (unpaired) electrons. The first kappa shape index (κ1) is 10.6. The summed E-state index contributed by atoms with van der Waals surface area (Å²) < 4.78 is 3.29. The first-order valence-electron chi connectivity index (χ1n) is 4.50. The van der Waals surface area contributed by atoms with Crippen molar-refractivity contribution in [3.05, 3.63) is 40.1 Å². The fourth-order valence-electron chi connectivity index (χ4n) is 1.26. The summed E-state index contributed by atoms with van der Waals surface area (Å²) in [5.74, 6) is -0.313. The third kappa shape index (κ3) is 2.19. The van der Waals surface area contributed by atoms with Crippen molar-refractivity contribution >= 4 is 17.4 Å². The number of imidazole rings is 1. The van der Waals surface area contributed by atoms with Crippen LogP contribution < -0.4 is 0 Å². The first-order chi connectivity index (χ1) is 7.66. The van der Waals surface area contributed by atoms with Gasteiger partial charge in [0.2, 0.25) is 0 Å². The molecule has 0 saturated heterocycles. The Bertz CT molecular complexity index is 493. The Morgan fingerprint density at radius 1 is 1.50 bits per heavy atom. The van der Waals surface area contributed by atoms with Crippen LogP contribution in [0, 0.1) is 10.1 Å². The van der Waals surface area contributed by atoms with Gasteiger partial charge in [0.15, 0.2) is 5.02 Å². The molecular formula is C8H8ClN5O2. The topological polar surface area (TPSA) is 78.8 Å². The minimum atomic E-state index is -0.601. The summed E-state index contributed by atoms with van der Waals surface area (Å²) in [5.41, 5.74) is 0. The van der Waals surface area contributed by atoms with Gasteiger partial charge in [-0.05, 0) is 4.92 Å². The van der Waals surface area contributed by atoms with Crippen LogP contribution >= 0.6 is 11.6 Å². The van der Waals surface area contributed by atoms with Crippen molar-refractivity contribution in [2.45, 2.75) is 13.1 Å². The fourth-order valence-corrected chi connectivity index (χ4v) is 1.48. The molecule has 2 heterocycles. The monoisotopic (exact) mass is 241 g/mol. The molecule has 7 nitrogen and oxygen atoms in total. The van der Waals surface area contributed by atoms with Gasteiger partial charge < -0.3 is 14.7 Å². The average molecular weight is 242 g/mol. The minimum Gasteiger partial charge on any atom is -0.358 e. The van der Waals surface area contributed by atoms with Gasteiger partial charge in [-0.15, -0.1) is 0 Å². The van der Waals surface area contributed by atoms with Crippen LogP contribution in [0.25, 0.3) is 0 Å². The van der Waals surface area contributed by atoms with Gasteiger partial charge in [-0.2, -0.15) is 4.68 Å². The quantitative estimate of drug-likeness (QED) is 0.598. The average Bonchev–Trinajstić information content (AvgIpc) is 2.83. The molecule has 0 bridgehead atoms. The van der Waals surface area contributed by atoms with Crippen LogP contribution in [0.3, 0.4) is 0 Å². The predicted molar refractivity (Wildman–Crippen MR) is 56.1 cm³/mol. The van der Waals surface area contributed by atoms with Crippen LogP contribution in [0.5, 0.6) is 0 Å². The number of aromatic nitrogens is 4. The second-order valence-corrected chi connectivity index (χ2v) is 3.53. The van der Waals surface area contributed by atoms with Gasteiger partial charge in [0.25, 0.3) is 0 Å². The molecule has 2 rings (SSSR count). The maximum atomic E-state index is 10.5. The highest BCUT2D eigenvalue weighted by Crippen LogP contribution is 2.21. The molecule has 2 aromatic heterocycles. The number of hydrogen-bond donors (Lipinski definition) is 0. The second kappa shape index (κ2) is 4.31. The number of nitro groups is 1. The number of rotatable bonds is 4. The maximum absolute atomic E-state index is 10.5. The molecule has 0 aromatic carbocycles. The second-order valence-electron chi connectivity index (χ2n) is 3.12. The van der Waals surface area contributed by atoms with Crippen LogP contribution in [0.2, 0.25) is 5.02 Å². The van der Waals surface area contributed by atoms with Gasteiger partial charge in [0, 0.05) is 18.9 Å². The highest BCUT2D eigenvalue weighted by Gasteiger charge is 2.18. The molecule has 16 heavy (non-hydrogen) atoms. The summed E-state index contributed by atoms with van der Waals surface area (Å²) >= 11 is 5.66. The molecule has 84 valence electrons. The highest BCUT2D eigenvalue weighted by atomic mass is 35.5. The van der Waals surface area contributed by atoms with E-state index in [-0.39, 0.29) is 10.8 Å². The molecule has 0 amide bonds. The van der Waals surface area contributed by atoms with Crippen molar-refractivity contribution in [2.75, 3.05) is 0 Å². The van der Waals surface area contributed by atoms with Crippen molar-refractivity contribution in [1.82, 2.24) is 19.3 Å². The van der Waals surface area contributed by atoms with Gasteiger partial charge in [-0.1, -0.05) is 11.6 Å². The van der Waals surface area contributed by atoms with Crippen LogP contribution in [-0.4, -0.2) is 24.3 Å². The van der Waals surface area contributed by atoms with Crippen molar-refractivity contribution in [2.24, 2.45) is 0 Å². The van der Waals surface area contributed by atoms with Gasteiger partial charge >= 0.3 is 5.82 Å². The van der Waals surface area contributed by atoms with Crippen molar-refractivity contribution in [1.29, 1.82) is 0 Å². The fraction of sp³-hybridized carbons (Fsp3) is 0.250. The maximum Gasteiger partial charge on any atom is 0.408 e. The van der Waals surface area contributed by atoms with E-state index in [2.05, 4.69) is 10.1 Å². The van der Waals surface area contributed by atoms with Gasteiger partial charge in [0.1, 0.15) is 0 Å². The van der Waals surface area contributed by atoms with E-state index in [1.807, 2.05) is 4.57 Å². The zero-order valence-electron chi connectivity index (χ0n) is 8.15. The standard InChI is InChI=1S/C8H8ClN5O2/c9-7-5-13(11-8(7)14(15)16)4-3-12-2-1-10-6-12/h1-2,5-6H,3-4H2. The third-order valence-electron chi connectivity index (χ3n) is 2.02. The molecule has 8 heteroatoms. The summed E-state index contributed by atoms with van der Waals surface area (Å²) in [6.45, 7) is 1.14. The number of nitrogens with zero attached hydrogens (tertiary/aromatic N) is 5. The lowest BCUT2D eigenvalue weighted by Crippen LogP contribution is -2.06. The van der Waals surface area contributed by atoms with E-state index in [9.17, 15) is 10.1 Å². The molecular weight excluding hydrogens is 234 g/mol. The number of hydrogen-bond acceptors (Lipinski definition) is 4. The Balaban J connectivity index is 2.05.